The fourth-order valence-corrected chi connectivity index (χ4v) is 4.27. The Kier molecular flexibility index (Phi) is 4.83. The van der Waals surface area contributed by atoms with Crippen molar-refractivity contribution in [3.63, 3.8) is 0 Å². The SMILES string of the molecule is [2H]C1([2H])CN(Cc2ccc(COc3cccc4c3CN(C3CCC(=O)NC3=O)C4=O)cc2)C(=O)C([2H])([2H])O1. The van der Waals surface area contributed by atoms with Gasteiger partial charge < -0.3 is 19.3 Å². The lowest BCUT2D eigenvalue weighted by Crippen LogP contribution is -2.52. The maximum Gasteiger partial charge on any atom is 0.255 e. The number of carbonyl (C=O) groups is 4. The van der Waals surface area contributed by atoms with Crippen molar-refractivity contribution in [1.82, 2.24) is 15.1 Å². The van der Waals surface area contributed by atoms with Crippen LogP contribution in [0.5, 0.6) is 5.75 Å². The number of ether oxygens (including phenoxy) is 2. The summed E-state index contributed by atoms with van der Waals surface area (Å²) in [5.41, 5.74) is 2.61. The van der Waals surface area contributed by atoms with Crippen LogP contribution in [-0.4, -0.2) is 59.1 Å². The summed E-state index contributed by atoms with van der Waals surface area (Å²) in [4.78, 5) is 51.6. The number of amides is 4. The first-order chi connectivity index (χ1) is 17.9. The lowest BCUT2D eigenvalue weighted by molar-refractivity contribution is -0.143. The molecule has 0 radical (unpaired) electrons. The predicted octanol–water partition coefficient (Wildman–Crippen LogP) is 1.39. The van der Waals surface area contributed by atoms with Crippen LogP contribution in [0.1, 0.15) is 45.4 Å². The molecule has 4 amide bonds. The average Bonchev–Trinajstić information content (AvgIpc) is 3.18. The van der Waals surface area contributed by atoms with E-state index in [9.17, 15) is 19.2 Å². The molecule has 0 aliphatic carbocycles. The van der Waals surface area contributed by atoms with Gasteiger partial charge in [-0.3, -0.25) is 24.5 Å². The molecule has 2 saturated heterocycles. The first-order valence-electron chi connectivity index (χ1n) is 12.9. The molecule has 2 fully saturated rings. The van der Waals surface area contributed by atoms with E-state index in [1.807, 2.05) is 0 Å². The summed E-state index contributed by atoms with van der Waals surface area (Å²) in [6.07, 6.45) is 0.452. The number of piperidine rings is 1. The molecule has 1 unspecified atom stereocenters. The zero-order chi connectivity index (χ0) is 27.2. The van der Waals surface area contributed by atoms with Crippen molar-refractivity contribution in [2.75, 3.05) is 19.7 Å². The van der Waals surface area contributed by atoms with E-state index in [-0.39, 0.29) is 50.9 Å². The fourth-order valence-electron chi connectivity index (χ4n) is 4.27. The molecule has 2 aromatic rings. The van der Waals surface area contributed by atoms with Gasteiger partial charge in [0.2, 0.25) is 17.7 Å². The molecule has 3 aliphatic rings. The van der Waals surface area contributed by atoms with Crippen molar-refractivity contribution < 1.29 is 34.1 Å². The maximum absolute atomic E-state index is 13.0. The Hall–Kier alpha value is -3.72. The van der Waals surface area contributed by atoms with Crippen LogP contribution in [0.4, 0.5) is 0 Å². The molecule has 3 aliphatic heterocycles. The van der Waals surface area contributed by atoms with Crippen molar-refractivity contribution in [2.24, 2.45) is 0 Å². The highest BCUT2D eigenvalue weighted by atomic mass is 16.5. The molecule has 3 heterocycles. The summed E-state index contributed by atoms with van der Waals surface area (Å²) in [6.45, 7) is -5.01. The van der Waals surface area contributed by atoms with Crippen molar-refractivity contribution >= 4 is 23.6 Å². The summed E-state index contributed by atoms with van der Waals surface area (Å²) in [6, 6.07) is 11.5. The van der Waals surface area contributed by atoms with Crippen molar-refractivity contribution in [3.8, 4) is 5.75 Å². The summed E-state index contributed by atoms with van der Waals surface area (Å²) in [5.74, 6) is -1.52. The number of morpholine rings is 1. The van der Waals surface area contributed by atoms with Gasteiger partial charge >= 0.3 is 0 Å². The Labute approximate surface area is 202 Å². The second-order valence-electron chi connectivity index (χ2n) is 8.30. The Morgan fingerprint density at radius 1 is 1.09 bits per heavy atom. The van der Waals surface area contributed by atoms with Crippen molar-refractivity contribution in [3.05, 3.63) is 64.7 Å². The molecule has 0 spiro atoms. The number of carbonyl (C=O) groups excluding carboxylic acids is 4. The van der Waals surface area contributed by atoms with E-state index < -0.39 is 31.0 Å². The first-order valence-corrected chi connectivity index (χ1v) is 10.9. The molecule has 9 heteroatoms. The molecule has 2 aromatic carbocycles. The molecule has 176 valence electrons. The molecule has 34 heavy (non-hydrogen) atoms. The lowest BCUT2D eigenvalue weighted by Gasteiger charge is -2.29. The zero-order valence-electron chi connectivity index (χ0n) is 22.2. The summed E-state index contributed by atoms with van der Waals surface area (Å²) in [5, 5.41) is 2.29. The van der Waals surface area contributed by atoms with E-state index in [4.69, 9.17) is 10.2 Å². The topological polar surface area (TPSA) is 105 Å². The van der Waals surface area contributed by atoms with Crippen LogP contribution >= 0.6 is 0 Å². The number of nitrogens with zero attached hydrogens (tertiary/aromatic N) is 2. The molecule has 9 nitrogen and oxygen atoms in total. The van der Waals surface area contributed by atoms with Gasteiger partial charge in [-0.15, -0.1) is 0 Å². The maximum atomic E-state index is 13.0. The predicted molar refractivity (Wildman–Crippen MR) is 119 cm³/mol. The van der Waals surface area contributed by atoms with E-state index in [2.05, 4.69) is 10.1 Å². The van der Waals surface area contributed by atoms with E-state index in [1.54, 1.807) is 42.5 Å². The molecule has 1 atom stereocenters. The molecule has 5 rings (SSSR count). The van der Waals surface area contributed by atoms with Crippen LogP contribution in [0.15, 0.2) is 42.5 Å². The quantitative estimate of drug-likeness (QED) is 0.644. The van der Waals surface area contributed by atoms with Crippen LogP contribution in [0.2, 0.25) is 0 Å². The minimum atomic E-state index is -2.74. The van der Waals surface area contributed by atoms with Crippen LogP contribution in [0, 0.1) is 0 Å². The molecule has 0 bridgehead atoms. The molecule has 1 N–H and O–H groups in total. The summed E-state index contributed by atoms with van der Waals surface area (Å²) < 4.78 is 41.4. The number of nitrogens with one attached hydrogen (secondary N) is 1. The second kappa shape index (κ2) is 9.26. The van der Waals surface area contributed by atoms with Gasteiger partial charge in [-0.25, -0.2) is 0 Å². The summed E-state index contributed by atoms with van der Waals surface area (Å²) >= 11 is 0. The highest BCUT2D eigenvalue weighted by Crippen LogP contribution is 2.34. The van der Waals surface area contributed by atoms with Gasteiger partial charge in [-0.1, -0.05) is 30.3 Å². The van der Waals surface area contributed by atoms with Gasteiger partial charge in [0, 0.05) is 30.6 Å². The normalized spacial score (nSPS) is 25.1. The van der Waals surface area contributed by atoms with Gasteiger partial charge in [0.25, 0.3) is 5.91 Å². The number of hydrogen-bond acceptors (Lipinski definition) is 6. The number of rotatable bonds is 6. The Morgan fingerprint density at radius 3 is 2.68 bits per heavy atom. The summed E-state index contributed by atoms with van der Waals surface area (Å²) in [7, 11) is 0. The Morgan fingerprint density at radius 2 is 1.88 bits per heavy atom. The van der Waals surface area contributed by atoms with Crippen molar-refractivity contribution in [2.45, 2.75) is 38.6 Å². The molecular weight excluding hydrogens is 438 g/mol. The minimum absolute atomic E-state index is 0.0207. The van der Waals surface area contributed by atoms with Crippen LogP contribution in [-0.2, 0) is 38.8 Å². The monoisotopic (exact) mass is 467 g/mol. The van der Waals surface area contributed by atoms with Crippen molar-refractivity contribution in [1.29, 1.82) is 0 Å². The third-order valence-electron chi connectivity index (χ3n) is 6.08. The second-order valence-corrected chi connectivity index (χ2v) is 8.30. The zero-order valence-corrected chi connectivity index (χ0v) is 18.2. The van der Waals surface area contributed by atoms with E-state index in [1.165, 1.54) is 4.90 Å². The molecule has 0 aromatic heterocycles. The van der Waals surface area contributed by atoms with Crippen LogP contribution < -0.4 is 10.1 Å². The fraction of sp³-hybridized carbons (Fsp3) is 0.360. The minimum Gasteiger partial charge on any atom is -0.489 e. The van der Waals surface area contributed by atoms with Gasteiger partial charge in [-0.2, -0.15) is 0 Å². The Bertz CT molecular complexity index is 1320. The van der Waals surface area contributed by atoms with Crippen LogP contribution in [0.25, 0.3) is 0 Å². The number of benzene rings is 2. The van der Waals surface area contributed by atoms with Gasteiger partial charge in [0.1, 0.15) is 25.0 Å². The lowest BCUT2D eigenvalue weighted by atomic mass is 10.0. The van der Waals surface area contributed by atoms with Gasteiger partial charge in [-0.05, 0) is 29.7 Å². The highest BCUT2D eigenvalue weighted by Gasteiger charge is 2.40. The van der Waals surface area contributed by atoms with E-state index >= 15 is 0 Å². The number of imide groups is 1. The third kappa shape index (κ3) is 4.38. The molecular formula is C25H25N3O6. The Balaban J connectivity index is 1.23. The average molecular weight is 468 g/mol. The van der Waals surface area contributed by atoms with Gasteiger partial charge in [0.15, 0.2) is 0 Å². The number of hydrogen-bond donors (Lipinski definition) is 1. The smallest absolute Gasteiger partial charge is 0.255 e. The highest BCUT2D eigenvalue weighted by molar-refractivity contribution is 6.05. The van der Waals surface area contributed by atoms with Crippen LogP contribution in [0.3, 0.4) is 0 Å². The molecule has 0 saturated carbocycles. The number of fused-ring (bicyclic) bond motifs is 1. The van der Waals surface area contributed by atoms with Gasteiger partial charge in [0.05, 0.1) is 18.6 Å². The first kappa shape index (κ1) is 17.7. The largest absolute Gasteiger partial charge is 0.489 e. The van der Waals surface area contributed by atoms with E-state index in [0.717, 1.165) is 10.5 Å². The van der Waals surface area contributed by atoms with E-state index in [0.29, 0.717) is 22.4 Å². The standard InChI is InChI=1S/C25H25N3O6/c29-22-9-8-20(24(31)26-22)28-13-19-18(25(28)32)2-1-3-21(19)34-14-17-6-4-16(5-7-17)12-27-10-11-33-15-23(27)30/h1-7,20H,8-15H2,(H,26,29,31)/i11D2,15D2. The third-order valence-corrected chi connectivity index (χ3v) is 6.08.